The summed E-state index contributed by atoms with van der Waals surface area (Å²) in [5, 5.41) is 6.93. The van der Waals surface area contributed by atoms with Crippen LogP contribution in [0.15, 0.2) is 36.4 Å². The molecule has 2 aromatic rings. The predicted molar refractivity (Wildman–Crippen MR) is 71.5 cm³/mol. The maximum atomic E-state index is 5.38. The summed E-state index contributed by atoms with van der Waals surface area (Å²) in [5.74, 6) is 0.930. The van der Waals surface area contributed by atoms with Gasteiger partial charge in [-0.05, 0) is 23.4 Å². The van der Waals surface area contributed by atoms with Gasteiger partial charge >= 0.3 is 0 Å². The summed E-state index contributed by atoms with van der Waals surface area (Å²) in [6.07, 6.45) is 1.11. The van der Waals surface area contributed by atoms with Crippen LogP contribution in [0.25, 0.3) is 10.8 Å². The second-order valence-corrected chi connectivity index (χ2v) is 4.08. The van der Waals surface area contributed by atoms with Crippen molar-refractivity contribution in [1.82, 2.24) is 5.32 Å². The molecule has 0 aliphatic rings. The minimum Gasteiger partial charge on any atom is -0.496 e. The van der Waals surface area contributed by atoms with Crippen molar-refractivity contribution >= 4 is 10.8 Å². The van der Waals surface area contributed by atoms with E-state index in [0.717, 1.165) is 25.3 Å². The van der Waals surface area contributed by atoms with Gasteiger partial charge in [-0.1, -0.05) is 37.3 Å². The van der Waals surface area contributed by atoms with E-state index in [2.05, 4.69) is 36.5 Å². The normalized spacial score (nSPS) is 10.7. The quantitative estimate of drug-likeness (QED) is 0.720. The average molecular weight is 228 g/mol. The highest BCUT2D eigenvalue weighted by Crippen LogP contribution is 2.28. The molecule has 0 saturated heterocycles. The monoisotopic (exact) mass is 228 g/mol. The van der Waals surface area contributed by atoms with Crippen LogP contribution in [0, 0.1) is 0 Å². The second-order valence-electron chi connectivity index (χ2n) is 4.08. The van der Waals surface area contributed by atoms with Crippen molar-refractivity contribution in [2.45, 2.75) is 19.9 Å². The zero-order chi connectivity index (χ0) is 12.1. The van der Waals surface area contributed by atoms with Crippen molar-refractivity contribution in [3.05, 3.63) is 42.0 Å². The summed E-state index contributed by atoms with van der Waals surface area (Å²) in [7, 11) is 1.71. The highest BCUT2D eigenvalue weighted by Gasteiger charge is 2.05. The van der Waals surface area contributed by atoms with Gasteiger partial charge in [-0.25, -0.2) is 5.32 Å². The summed E-state index contributed by atoms with van der Waals surface area (Å²) < 4.78 is 5.38. The number of benzene rings is 2. The van der Waals surface area contributed by atoms with E-state index in [4.69, 9.17) is 4.74 Å². The molecule has 2 aromatic carbocycles. The smallest absolute Gasteiger partial charge is 0.126 e. The summed E-state index contributed by atoms with van der Waals surface area (Å²) in [6, 6.07) is 12.5. The molecule has 0 fully saturated rings. The Balaban J connectivity index is 2.37. The van der Waals surface area contributed by atoms with E-state index in [1.165, 1.54) is 16.3 Å². The van der Waals surface area contributed by atoms with E-state index in [9.17, 15) is 0 Å². The molecule has 1 radical (unpaired) electrons. The van der Waals surface area contributed by atoms with Gasteiger partial charge in [0.25, 0.3) is 0 Å². The summed E-state index contributed by atoms with van der Waals surface area (Å²) in [4.78, 5) is 0. The standard InChI is InChI=1S/C15H18NO/c1-3-10-16-11-12-8-9-15(17-2)14-7-5-4-6-13(12)14/h4-9H,3,10-11H2,1-2H3. The van der Waals surface area contributed by atoms with E-state index in [-0.39, 0.29) is 0 Å². The van der Waals surface area contributed by atoms with Gasteiger partial charge in [0, 0.05) is 18.5 Å². The lowest BCUT2D eigenvalue weighted by Gasteiger charge is -2.10. The number of rotatable bonds is 5. The third kappa shape index (κ3) is 2.59. The van der Waals surface area contributed by atoms with Crippen molar-refractivity contribution in [1.29, 1.82) is 0 Å². The van der Waals surface area contributed by atoms with Crippen LogP contribution in [0.4, 0.5) is 0 Å². The zero-order valence-electron chi connectivity index (χ0n) is 10.4. The third-order valence-corrected chi connectivity index (χ3v) is 2.86. The molecular weight excluding hydrogens is 210 g/mol. The summed E-state index contributed by atoms with van der Waals surface area (Å²) in [5.41, 5.74) is 1.27. The van der Waals surface area contributed by atoms with Gasteiger partial charge in [0.2, 0.25) is 0 Å². The van der Waals surface area contributed by atoms with Gasteiger partial charge in [-0.2, -0.15) is 0 Å². The van der Waals surface area contributed by atoms with E-state index < -0.39 is 0 Å². The molecule has 0 unspecified atom stereocenters. The number of fused-ring (bicyclic) bond motifs is 1. The van der Waals surface area contributed by atoms with E-state index in [0.29, 0.717) is 0 Å². The lowest BCUT2D eigenvalue weighted by Crippen LogP contribution is -2.06. The molecule has 0 N–H and O–H groups in total. The van der Waals surface area contributed by atoms with Crippen molar-refractivity contribution in [3.63, 3.8) is 0 Å². The Hall–Kier alpha value is -1.54. The second kappa shape index (κ2) is 5.69. The Kier molecular flexibility index (Phi) is 3.99. The number of ether oxygens (including phenoxy) is 1. The molecule has 17 heavy (non-hydrogen) atoms. The SMILES string of the molecule is CCC[N]Cc1ccc(OC)c2ccccc12. The lowest BCUT2D eigenvalue weighted by atomic mass is 10.0. The maximum absolute atomic E-state index is 5.38. The highest BCUT2D eigenvalue weighted by atomic mass is 16.5. The van der Waals surface area contributed by atoms with Crippen LogP contribution in [0.1, 0.15) is 18.9 Å². The van der Waals surface area contributed by atoms with Gasteiger partial charge < -0.3 is 4.74 Å². The van der Waals surface area contributed by atoms with Crippen LogP contribution in [0.2, 0.25) is 0 Å². The van der Waals surface area contributed by atoms with E-state index in [1.807, 2.05) is 12.1 Å². The number of nitrogens with zero attached hydrogens (tertiary/aromatic N) is 1. The molecule has 2 rings (SSSR count). The Morgan fingerprint density at radius 3 is 2.53 bits per heavy atom. The maximum Gasteiger partial charge on any atom is 0.126 e. The molecule has 2 heteroatoms. The molecular formula is C15H18NO. The molecule has 0 spiro atoms. The average Bonchev–Trinajstić information content (AvgIpc) is 2.39. The van der Waals surface area contributed by atoms with Gasteiger partial charge in [0.15, 0.2) is 0 Å². The number of hydrogen-bond donors (Lipinski definition) is 0. The lowest BCUT2D eigenvalue weighted by molar-refractivity contribution is 0.419. The van der Waals surface area contributed by atoms with Crippen molar-refractivity contribution in [2.75, 3.05) is 13.7 Å². The fourth-order valence-electron chi connectivity index (χ4n) is 2.01. The largest absolute Gasteiger partial charge is 0.496 e. The predicted octanol–water partition coefficient (Wildman–Crippen LogP) is 3.36. The molecule has 89 valence electrons. The molecule has 2 nitrogen and oxygen atoms in total. The Morgan fingerprint density at radius 1 is 1.06 bits per heavy atom. The van der Waals surface area contributed by atoms with E-state index >= 15 is 0 Å². The van der Waals surface area contributed by atoms with Crippen molar-refractivity contribution < 1.29 is 4.74 Å². The van der Waals surface area contributed by atoms with Crippen LogP contribution < -0.4 is 10.1 Å². The van der Waals surface area contributed by atoms with E-state index in [1.54, 1.807) is 7.11 Å². The minimum absolute atomic E-state index is 0.790. The number of hydrogen-bond acceptors (Lipinski definition) is 1. The fourth-order valence-corrected chi connectivity index (χ4v) is 2.01. The molecule has 0 amide bonds. The zero-order valence-corrected chi connectivity index (χ0v) is 10.4. The summed E-state index contributed by atoms with van der Waals surface area (Å²) in [6.45, 7) is 3.87. The van der Waals surface area contributed by atoms with Gasteiger partial charge in [-0.15, -0.1) is 0 Å². The van der Waals surface area contributed by atoms with Crippen LogP contribution in [-0.2, 0) is 6.54 Å². The van der Waals surface area contributed by atoms with Gasteiger partial charge in [-0.3, -0.25) is 0 Å². The first-order valence-corrected chi connectivity index (χ1v) is 6.04. The minimum atomic E-state index is 0.790. The highest BCUT2D eigenvalue weighted by molar-refractivity contribution is 5.91. The first-order chi connectivity index (χ1) is 8.36. The molecule has 0 aliphatic heterocycles. The molecule has 0 bridgehead atoms. The van der Waals surface area contributed by atoms with Crippen LogP contribution in [0.5, 0.6) is 5.75 Å². The number of methoxy groups -OCH3 is 1. The Bertz CT molecular complexity index is 493. The molecule has 0 heterocycles. The molecule has 0 aliphatic carbocycles. The first kappa shape index (κ1) is 11.9. The Morgan fingerprint density at radius 2 is 1.82 bits per heavy atom. The van der Waals surface area contributed by atoms with Gasteiger partial charge in [0.05, 0.1) is 7.11 Å². The Labute approximate surface area is 103 Å². The summed E-state index contributed by atoms with van der Waals surface area (Å²) >= 11 is 0. The van der Waals surface area contributed by atoms with Crippen molar-refractivity contribution in [2.24, 2.45) is 0 Å². The van der Waals surface area contributed by atoms with Crippen molar-refractivity contribution in [3.8, 4) is 5.75 Å². The topological polar surface area (TPSA) is 23.3 Å². The molecule has 0 saturated carbocycles. The van der Waals surface area contributed by atoms with Gasteiger partial charge in [0.1, 0.15) is 5.75 Å². The fraction of sp³-hybridized carbons (Fsp3) is 0.333. The first-order valence-electron chi connectivity index (χ1n) is 6.04. The van der Waals surface area contributed by atoms with Crippen LogP contribution in [0.3, 0.4) is 0 Å². The molecule has 0 aromatic heterocycles. The van der Waals surface area contributed by atoms with Crippen LogP contribution >= 0.6 is 0 Å². The van der Waals surface area contributed by atoms with Crippen LogP contribution in [-0.4, -0.2) is 13.7 Å². The third-order valence-electron chi connectivity index (χ3n) is 2.86. The molecule has 0 atom stereocenters.